The smallest absolute Gasteiger partial charge is 0.0616 e. The van der Waals surface area contributed by atoms with Gasteiger partial charge >= 0.3 is 0 Å². The van der Waals surface area contributed by atoms with Crippen LogP contribution in [0.3, 0.4) is 0 Å². The lowest BCUT2D eigenvalue weighted by Crippen LogP contribution is -2.28. The molecule has 0 N–H and O–H groups in total. The van der Waals surface area contributed by atoms with E-state index >= 15 is 0 Å². The summed E-state index contributed by atoms with van der Waals surface area (Å²) >= 11 is 0. The van der Waals surface area contributed by atoms with Crippen molar-refractivity contribution in [2.45, 2.75) is 22.1 Å². The molecule has 0 radical (unpaired) electrons. The van der Waals surface area contributed by atoms with E-state index in [4.69, 9.17) is 0 Å². The van der Waals surface area contributed by atoms with E-state index in [2.05, 4.69) is 48.5 Å². The van der Waals surface area contributed by atoms with Crippen LogP contribution in [0.4, 0.5) is 0 Å². The third kappa shape index (κ3) is 1.02. The zero-order valence-electron chi connectivity index (χ0n) is 9.02. The van der Waals surface area contributed by atoms with Crippen LogP contribution in [0, 0.1) is 0 Å². The van der Waals surface area contributed by atoms with Crippen LogP contribution < -0.4 is 0 Å². The molecule has 0 amide bonds. The van der Waals surface area contributed by atoms with Crippen molar-refractivity contribution in [1.82, 2.24) is 0 Å². The molecule has 0 aromatic heterocycles. The number of rotatable bonds is 0. The molecule has 0 saturated heterocycles. The Balaban J connectivity index is 2.04. The molecule has 3 aliphatic heterocycles. The molecule has 0 atom stereocenters. The summed E-state index contributed by atoms with van der Waals surface area (Å²) in [6, 6.07) is 18.1. The van der Waals surface area contributed by atoms with Gasteiger partial charge in [0.1, 0.15) is 5.75 Å². The molecule has 0 nitrogen and oxygen atoms in total. The second-order valence-corrected chi connectivity index (χ2v) is 6.58. The zero-order chi connectivity index (χ0) is 10.5. The van der Waals surface area contributed by atoms with Crippen LogP contribution in [0.1, 0.15) is 23.5 Å². The Labute approximate surface area is 98.7 Å². The standard InChI is InChI=1S/C15H13S/c1-3-7-14-12(5-1)11-9-10-16(14)15-8-4-2-6-13(11)15/h1-8,11H,9-10H2/q+1. The summed E-state index contributed by atoms with van der Waals surface area (Å²) in [4.78, 5) is 3.22. The molecule has 0 fully saturated rings. The third-order valence-electron chi connectivity index (χ3n) is 3.73. The van der Waals surface area contributed by atoms with E-state index in [9.17, 15) is 0 Å². The molecule has 0 aliphatic carbocycles. The minimum Gasteiger partial charge on any atom is -0.0616 e. The summed E-state index contributed by atoms with van der Waals surface area (Å²) in [6.07, 6.45) is 1.34. The summed E-state index contributed by atoms with van der Waals surface area (Å²) in [5, 5.41) is 0. The molecule has 1 heteroatoms. The Morgan fingerprint density at radius 1 is 0.812 bits per heavy atom. The van der Waals surface area contributed by atoms with E-state index in [1.54, 1.807) is 20.9 Å². The van der Waals surface area contributed by atoms with Gasteiger partial charge in [-0.15, -0.1) is 0 Å². The van der Waals surface area contributed by atoms with Gasteiger partial charge in [0.05, 0.1) is 10.9 Å². The summed E-state index contributed by atoms with van der Waals surface area (Å²) in [5.74, 6) is 2.03. The van der Waals surface area contributed by atoms with Gasteiger partial charge in [0, 0.05) is 23.5 Å². The zero-order valence-corrected chi connectivity index (χ0v) is 9.84. The molecule has 78 valence electrons. The summed E-state index contributed by atoms with van der Waals surface area (Å²) in [7, 11) is 0.364. The highest BCUT2D eigenvalue weighted by atomic mass is 32.2. The predicted octanol–water partition coefficient (Wildman–Crippen LogP) is 3.57. The second-order valence-electron chi connectivity index (χ2n) is 4.51. The molecule has 0 spiro atoms. The van der Waals surface area contributed by atoms with Gasteiger partial charge in [-0.3, -0.25) is 0 Å². The summed E-state index contributed by atoms with van der Waals surface area (Å²) < 4.78 is 0. The Morgan fingerprint density at radius 2 is 1.38 bits per heavy atom. The number of fused-ring (bicyclic) bond motifs is 1. The summed E-state index contributed by atoms with van der Waals surface area (Å²) in [6.45, 7) is 0. The normalized spacial score (nSPS) is 25.0. The van der Waals surface area contributed by atoms with Crippen LogP contribution >= 0.6 is 0 Å². The fraction of sp³-hybridized carbons (Fsp3) is 0.200. The number of benzene rings is 2. The molecule has 5 rings (SSSR count). The molecule has 16 heavy (non-hydrogen) atoms. The van der Waals surface area contributed by atoms with Gasteiger partial charge in [-0.25, -0.2) is 0 Å². The van der Waals surface area contributed by atoms with Crippen molar-refractivity contribution in [3.8, 4) is 0 Å². The van der Waals surface area contributed by atoms with Crippen LogP contribution in [-0.2, 0) is 10.9 Å². The fourth-order valence-corrected chi connectivity index (χ4v) is 5.66. The lowest BCUT2D eigenvalue weighted by atomic mass is 9.88. The molecule has 3 aliphatic rings. The quantitative estimate of drug-likeness (QED) is 0.601. The molecule has 2 aromatic rings. The van der Waals surface area contributed by atoms with Gasteiger partial charge in [-0.1, -0.05) is 36.4 Å². The molecule has 0 saturated carbocycles. The number of hydrogen-bond acceptors (Lipinski definition) is 0. The van der Waals surface area contributed by atoms with Gasteiger partial charge in [0.15, 0.2) is 9.79 Å². The SMILES string of the molecule is c1ccc2c(c1)C1CC[S+]2c2ccccc21. The van der Waals surface area contributed by atoms with Crippen LogP contribution in [0.15, 0.2) is 58.3 Å². The van der Waals surface area contributed by atoms with Gasteiger partial charge in [0.2, 0.25) is 0 Å². The lowest BCUT2D eigenvalue weighted by molar-refractivity contribution is 0.712. The maximum atomic E-state index is 2.33. The molecule has 3 heterocycles. The molecule has 0 unspecified atom stereocenters. The second kappa shape index (κ2) is 3.14. The Morgan fingerprint density at radius 3 is 2.00 bits per heavy atom. The van der Waals surface area contributed by atoms with Gasteiger partial charge in [-0.2, -0.15) is 0 Å². The first-order valence-corrected chi connectivity index (χ1v) is 7.23. The Bertz CT molecular complexity index is 461. The van der Waals surface area contributed by atoms with E-state index < -0.39 is 0 Å². The van der Waals surface area contributed by atoms with Crippen molar-refractivity contribution in [3.63, 3.8) is 0 Å². The van der Waals surface area contributed by atoms with Crippen LogP contribution in [0.25, 0.3) is 0 Å². The van der Waals surface area contributed by atoms with Crippen molar-refractivity contribution in [1.29, 1.82) is 0 Å². The molecular weight excluding hydrogens is 212 g/mol. The van der Waals surface area contributed by atoms with Gasteiger partial charge < -0.3 is 0 Å². The van der Waals surface area contributed by atoms with Crippen molar-refractivity contribution in [2.24, 2.45) is 0 Å². The first-order valence-electron chi connectivity index (χ1n) is 5.84. The highest BCUT2D eigenvalue weighted by Crippen LogP contribution is 2.49. The Hall–Kier alpha value is -1.21. The lowest BCUT2D eigenvalue weighted by Gasteiger charge is -2.32. The van der Waals surface area contributed by atoms with E-state index in [0.29, 0.717) is 16.8 Å². The van der Waals surface area contributed by atoms with Gasteiger partial charge in [-0.05, 0) is 12.1 Å². The monoisotopic (exact) mass is 225 g/mol. The third-order valence-corrected chi connectivity index (χ3v) is 6.18. The average molecular weight is 225 g/mol. The highest BCUT2D eigenvalue weighted by molar-refractivity contribution is 7.97. The summed E-state index contributed by atoms with van der Waals surface area (Å²) in [5.41, 5.74) is 3.19. The largest absolute Gasteiger partial charge is 0.164 e. The molecule has 2 bridgehead atoms. The van der Waals surface area contributed by atoms with Crippen molar-refractivity contribution >= 4 is 10.9 Å². The van der Waals surface area contributed by atoms with Gasteiger partial charge in [0.25, 0.3) is 0 Å². The maximum Gasteiger partial charge on any atom is 0.164 e. The Kier molecular flexibility index (Phi) is 1.75. The number of hydrogen-bond donors (Lipinski definition) is 0. The van der Waals surface area contributed by atoms with Crippen LogP contribution in [-0.4, -0.2) is 5.75 Å². The first-order chi connectivity index (χ1) is 7.95. The molecular formula is C15H13S+. The van der Waals surface area contributed by atoms with Crippen LogP contribution in [0.5, 0.6) is 0 Å². The fourth-order valence-electron chi connectivity index (χ4n) is 3.04. The van der Waals surface area contributed by atoms with E-state index in [-0.39, 0.29) is 0 Å². The van der Waals surface area contributed by atoms with E-state index in [1.165, 1.54) is 12.2 Å². The minimum absolute atomic E-state index is 0.364. The topological polar surface area (TPSA) is 0 Å². The van der Waals surface area contributed by atoms with E-state index in [1.807, 2.05) is 0 Å². The average Bonchev–Trinajstić information content (AvgIpc) is 2.40. The first kappa shape index (κ1) is 8.89. The van der Waals surface area contributed by atoms with Crippen molar-refractivity contribution in [2.75, 3.05) is 5.75 Å². The highest BCUT2D eigenvalue weighted by Gasteiger charge is 2.44. The minimum atomic E-state index is 0.364. The van der Waals surface area contributed by atoms with Crippen molar-refractivity contribution < 1.29 is 0 Å². The maximum absolute atomic E-state index is 2.33. The molecule has 2 aromatic carbocycles. The van der Waals surface area contributed by atoms with E-state index in [0.717, 1.165) is 0 Å². The van der Waals surface area contributed by atoms with Crippen LogP contribution in [0.2, 0.25) is 0 Å². The van der Waals surface area contributed by atoms with Crippen molar-refractivity contribution in [3.05, 3.63) is 59.7 Å². The predicted molar refractivity (Wildman–Crippen MR) is 68.1 cm³/mol.